The molecule has 0 fully saturated rings. The summed E-state index contributed by atoms with van der Waals surface area (Å²) >= 11 is 0. The molecule has 3 rings (SSSR count). The minimum absolute atomic E-state index is 0.0590. The van der Waals surface area contributed by atoms with Crippen LogP contribution < -0.4 is 10.1 Å². The highest BCUT2D eigenvalue weighted by Gasteiger charge is 2.07. The first-order valence-corrected chi connectivity index (χ1v) is 8.91. The molecule has 4 heteroatoms. The maximum atomic E-state index is 10.6. The first-order chi connectivity index (χ1) is 13.1. The van der Waals surface area contributed by atoms with Gasteiger partial charge in [-0.1, -0.05) is 60.7 Å². The summed E-state index contributed by atoms with van der Waals surface area (Å²) in [5.74, 6) is -0.0923. The Balaban J connectivity index is 1.68. The lowest BCUT2D eigenvalue weighted by atomic mass is 9.97. The lowest BCUT2D eigenvalue weighted by Gasteiger charge is -2.13. The average molecular weight is 361 g/mol. The van der Waals surface area contributed by atoms with Crippen LogP contribution in [0.15, 0.2) is 72.8 Å². The van der Waals surface area contributed by atoms with Gasteiger partial charge in [-0.25, -0.2) is 0 Å². The number of carbonyl (C=O) groups is 1. The van der Waals surface area contributed by atoms with Crippen molar-refractivity contribution < 1.29 is 14.6 Å². The van der Waals surface area contributed by atoms with Crippen molar-refractivity contribution in [2.75, 3.05) is 6.54 Å². The Labute approximate surface area is 159 Å². The van der Waals surface area contributed by atoms with Crippen LogP contribution >= 0.6 is 0 Å². The molecule has 138 valence electrons. The molecule has 3 aromatic carbocycles. The molecule has 0 unspecified atom stereocenters. The fourth-order valence-corrected chi connectivity index (χ4v) is 2.99. The molecular weight excluding hydrogens is 338 g/mol. The van der Waals surface area contributed by atoms with Crippen molar-refractivity contribution in [3.05, 3.63) is 89.5 Å². The molecule has 0 aliphatic heterocycles. The van der Waals surface area contributed by atoms with Crippen LogP contribution in [0.1, 0.15) is 16.7 Å². The molecule has 3 aromatic rings. The Bertz CT molecular complexity index is 907. The average Bonchev–Trinajstić information content (AvgIpc) is 2.68. The molecule has 0 aromatic heterocycles. The quantitative estimate of drug-likeness (QED) is 0.624. The Morgan fingerprint density at radius 2 is 1.78 bits per heavy atom. The van der Waals surface area contributed by atoms with Gasteiger partial charge in [-0.2, -0.15) is 0 Å². The van der Waals surface area contributed by atoms with Gasteiger partial charge >= 0.3 is 5.97 Å². The maximum Gasteiger partial charge on any atom is 0.317 e. The lowest BCUT2D eigenvalue weighted by Crippen LogP contribution is -2.21. The second-order valence-corrected chi connectivity index (χ2v) is 6.39. The van der Waals surface area contributed by atoms with Crippen LogP contribution in [0, 0.1) is 6.92 Å². The van der Waals surface area contributed by atoms with Crippen molar-refractivity contribution in [2.24, 2.45) is 0 Å². The molecular formula is C23H23NO3. The largest absolute Gasteiger partial charge is 0.489 e. The normalized spacial score (nSPS) is 10.6. The molecule has 0 amide bonds. The van der Waals surface area contributed by atoms with E-state index in [0.29, 0.717) is 13.2 Å². The van der Waals surface area contributed by atoms with E-state index in [1.807, 2.05) is 42.5 Å². The third kappa shape index (κ3) is 5.19. The minimum atomic E-state index is -0.865. The first kappa shape index (κ1) is 18.7. The highest BCUT2D eigenvalue weighted by atomic mass is 16.5. The molecule has 0 bridgehead atoms. The first-order valence-electron chi connectivity index (χ1n) is 8.91. The van der Waals surface area contributed by atoms with Gasteiger partial charge in [0.25, 0.3) is 0 Å². The number of ether oxygens (including phenoxy) is 1. The van der Waals surface area contributed by atoms with Crippen molar-refractivity contribution in [2.45, 2.75) is 20.1 Å². The highest BCUT2D eigenvalue weighted by molar-refractivity contribution is 5.69. The molecule has 0 saturated carbocycles. The standard InChI is InChI=1S/C23H23NO3/c1-17-20(10-6-12-22(17)19-8-3-2-4-9-19)16-27-21-11-5-7-18(13-21)14-24-15-23(25)26/h2-13,24H,14-16H2,1H3,(H,25,26). The van der Waals surface area contributed by atoms with Crippen LogP contribution in [-0.4, -0.2) is 17.6 Å². The van der Waals surface area contributed by atoms with Gasteiger partial charge in [0.05, 0.1) is 6.54 Å². The van der Waals surface area contributed by atoms with Gasteiger partial charge in [0.1, 0.15) is 12.4 Å². The van der Waals surface area contributed by atoms with Crippen LogP contribution in [0.25, 0.3) is 11.1 Å². The van der Waals surface area contributed by atoms with Crippen LogP contribution in [0.5, 0.6) is 5.75 Å². The van der Waals surface area contributed by atoms with Crippen LogP contribution in [0.3, 0.4) is 0 Å². The number of benzene rings is 3. The molecule has 0 spiro atoms. The van der Waals surface area contributed by atoms with Crippen LogP contribution in [0.4, 0.5) is 0 Å². The van der Waals surface area contributed by atoms with E-state index in [1.165, 1.54) is 16.7 Å². The minimum Gasteiger partial charge on any atom is -0.489 e. The van der Waals surface area contributed by atoms with E-state index in [0.717, 1.165) is 16.9 Å². The Morgan fingerprint density at radius 3 is 2.56 bits per heavy atom. The van der Waals surface area contributed by atoms with E-state index in [2.05, 4.69) is 42.6 Å². The summed E-state index contributed by atoms with van der Waals surface area (Å²) in [5.41, 5.74) is 5.75. The zero-order chi connectivity index (χ0) is 19.1. The summed E-state index contributed by atoms with van der Waals surface area (Å²) < 4.78 is 5.99. The van der Waals surface area contributed by atoms with E-state index in [4.69, 9.17) is 9.84 Å². The topological polar surface area (TPSA) is 58.6 Å². The predicted molar refractivity (Wildman–Crippen MR) is 107 cm³/mol. The van der Waals surface area contributed by atoms with Gasteiger partial charge in [-0.15, -0.1) is 0 Å². The summed E-state index contributed by atoms with van der Waals surface area (Å²) in [7, 11) is 0. The zero-order valence-electron chi connectivity index (χ0n) is 15.3. The Hall–Kier alpha value is -3.11. The summed E-state index contributed by atoms with van der Waals surface area (Å²) in [5, 5.41) is 11.6. The number of carboxylic acid groups (broad SMARTS) is 1. The molecule has 0 saturated heterocycles. The van der Waals surface area contributed by atoms with Gasteiger partial charge in [0, 0.05) is 6.54 Å². The number of carboxylic acids is 1. The van der Waals surface area contributed by atoms with E-state index < -0.39 is 5.97 Å². The molecule has 0 aliphatic rings. The van der Waals surface area contributed by atoms with Gasteiger partial charge < -0.3 is 15.2 Å². The second kappa shape index (κ2) is 9.01. The van der Waals surface area contributed by atoms with Crippen molar-refractivity contribution in [1.82, 2.24) is 5.32 Å². The summed E-state index contributed by atoms with van der Waals surface area (Å²) in [6.45, 7) is 3.04. The highest BCUT2D eigenvalue weighted by Crippen LogP contribution is 2.26. The fraction of sp³-hybridized carbons (Fsp3) is 0.174. The SMILES string of the molecule is Cc1c(COc2cccc(CNCC(=O)O)c2)cccc1-c1ccccc1. The Morgan fingerprint density at radius 1 is 1.00 bits per heavy atom. The van der Waals surface area contributed by atoms with E-state index in [1.54, 1.807) is 0 Å². The molecule has 0 radical (unpaired) electrons. The van der Waals surface area contributed by atoms with Gasteiger partial charge in [-0.05, 0) is 46.9 Å². The van der Waals surface area contributed by atoms with Gasteiger partial charge in [0.15, 0.2) is 0 Å². The molecule has 4 nitrogen and oxygen atoms in total. The van der Waals surface area contributed by atoms with Crippen LogP contribution in [-0.2, 0) is 17.9 Å². The van der Waals surface area contributed by atoms with E-state index in [9.17, 15) is 4.79 Å². The second-order valence-electron chi connectivity index (χ2n) is 6.39. The molecule has 2 N–H and O–H groups in total. The fourth-order valence-electron chi connectivity index (χ4n) is 2.99. The van der Waals surface area contributed by atoms with Crippen LogP contribution in [0.2, 0.25) is 0 Å². The number of hydrogen-bond donors (Lipinski definition) is 2. The summed E-state index contributed by atoms with van der Waals surface area (Å²) in [6.07, 6.45) is 0. The number of aliphatic carboxylic acids is 1. The third-order valence-corrected chi connectivity index (χ3v) is 4.43. The number of hydrogen-bond acceptors (Lipinski definition) is 3. The monoisotopic (exact) mass is 361 g/mol. The number of nitrogens with one attached hydrogen (secondary N) is 1. The third-order valence-electron chi connectivity index (χ3n) is 4.43. The zero-order valence-corrected chi connectivity index (χ0v) is 15.3. The Kier molecular flexibility index (Phi) is 6.23. The maximum absolute atomic E-state index is 10.6. The van der Waals surface area contributed by atoms with Crippen molar-refractivity contribution in [1.29, 1.82) is 0 Å². The molecule has 0 atom stereocenters. The van der Waals surface area contributed by atoms with E-state index in [-0.39, 0.29) is 6.54 Å². The molecule has 27 heavy (non-hydrogen) atoms. The van der Waals surface area contributed by atoms with Gasteiger partial charge in [-0.3, -0.25) is 4.79 Å². The van der Waals surface area contributed by atoms with E-state index >= 15 is 0 Å². The van der Waals surface area contributed by atoms with Crippen molar-refractivity contribution in [3.63, 3.8) is 0 Å². The van der Waals surface area contributed by atoms with Crippen molar-refractivity contribution >= 4 is 5.97 Å². The summed E-state index contributed by atoms with van der Waals surface area (Å²) in [6, 6.07) is 24.3. The number of rotatable bonds is 8. The predicted octanol–water partition coefficient (Wildman–Crippen LogP) is 4.42. The van der Waals surface area contributed by atoms with Crippen molar-refractivity contribution in [3.8, 4) is 16.9 Å². The smallest absolute Gasteiger partial charge is 0.317 e. The summed E-state index contributed by atoms with van der Waals surface area (Å²) in [4.78, 5) is 10.6. The van der Waals surface area contributed by atoms with Gasteiger partial charge in [0.2, 0.25) is 0 Å². The lowest BCUT2D eigenvalue weighted by molar-refractivity contribution is -0.135. The molecule has 0 aliphatic carbocycles. The molecule has 0 heterocycles.